The number of benzene rings is 17. The molecule has 4 nitrogen and oxygen atoms in total. The molecule has 2 spiro atoms. The quantitative estimate of drug-likeness (QED) is 0.155. The molecule has 0 saturated heterocycles. The van der Waals surface area contributed by atoms with Crippen molar-refractivity contribution in [3.05, 3.63) is 414 Å². The minimum Gasteiger partial charge on any atom is -0.458 e. The molecule has 5 heteroatoms. The molecule has 0 amide bonds. The van der Waals surface area contributed by atoms with Crippen LogP contribution < -0.4 is 26.0 Å². The fraction of sp³-hybridized carbons (Fsp3) is 0.0192. The van der Waals surface area contributed by atoms with Crippen molar-refractivity contribution in [2.75, 3.05) is 4.90 Å². The van der Waals surface area contributed by atoms with Gasteiger partial charge in [-0.1, -0.05) is 297 Å². The molecule has 0 fully saturated rings. The van der Waals surface area contributed by atoms with Crippen LogP contribution in [0.4, 0.5) is 17.1 Å². The highest BCUT2D eigenvalue weighted by atomic mass is 16.5. The lowest BCUT2D eigenvalue weighted by atomic mass is 9.34. The summed E-state index contributed by atoms with van der Waals surface area (Å²) in [5.41, 5.74) is 32.2. The summed E-state index contributed by atoms with van der Waals surface area (Å²) < 4.78 is 92.3. The maximum absolute atomic E-state index is 9.97. The van der Waals surface area contributed by atoms with Gasteiger partial charge >= 0.3 is 0 Å². The standard InChI is InChI=1S/C104H61BN2O2/c1-2-23-62(24-3-1)64-48-54-99-92(58-64)105-91-52-49-68(106-93-42-19-10-31-79(93)80-32-11-20-43-94(80)106)61-95(91)107(96-59-67(60-100(109-99)101(96)105)63-47-53-98-82(55-63)81-33-12-21-44-97(81)108-98)102-69(65-45-50-77-75-29-8-17-40-87(75)103(89(77)56-65)83-36-13-4-25-71(83)72-26-5-14-37-84(72)103)34-22-35-70(102)66-46-51-78-76-30-9-18-41-88(76)104(90(78)57-66)85-38-15-6-27-73(85)74-28-7-16-39-86(74)104/h1-61H/i10D,11D,19D,20D,31D,32D,42D,43D. The summed E-state index contributed by atoms with van der Waals surface area (Å²) >= 11 is 0. The van der Waals surface area contributed by atoms with E-state index in [0.29, 0.717) is 22.9 Å². The van der Waals surface area contributed by atoms with Crippen LogP contribution in [0.2, 0.25) is 0 Å². The molecule has 0 atom stereocenters. The number of aromatic nitrogens is 1. The third kappa shape index (κ3) is 7.77. The number of rotatable bonds is 6. The van der Waals surface area contributed by atoms with Crippen LogP contribution in [-0.4, -0.2) is 11.3 Å². The molecule has 2 aromatic heterocycles. The second-order valence-corrected chi connectivity index (χ2v) is 29.7. The molecule has 6 aliphatic rings. The van der Waals surface area contributed by atoms with Crippen molar-refractivity contribution in [3.63, 3.8) is 0 Å². The van der Waals surface area contributed by atoms with E-state index < -0.39 is 53.8 Å². The van der Waals surface area contributed by atoms with Gasteiger partial charge in [0.15, 0.2) is 0 Å². The molecule has 109 heavy (non-hydrogen) atoms. The first-order valence-corrected chi connectivity index (χ1v) is 37.3. The maximum Gasteiger partial charge on any atom is 0.256 e. The molecular weight excluding hydrogens is 1320 g/mol. The maximum atomic E-state index is 9.97. The average molecular weight is 1390 g/mol. The van der Waals surface area contributed by atoms with Gasteiger partial charge in [0, 0.05) is 49.7 Å². The lowest BCUT2D eigenvalue weighted by Gasteiger charge is -2.42. The number of hydrogen-bond donors (Lipinski definition) is 0. The Balaban J connectivity index is 0.840. The fourth-order valence-corrected chi connectivity index (χ4v) is 20.5. The number of ether oxygens (including phenoxy) is 1. The van der Waals surface area contributed by atoms with E-state index in [2.05, 4.69) is 296 Å². The summed E-state index contributed by atoms with van der Waals surface area (Å²) in [4.78, 5) is 2.43. The molecule has 0 saturated carbocycles. The highest BCUT2D eigenvalue weighted by Gasteiger charge is 2.54. The Kier molecular flexibility index (Phi) is 10.4. The predicted molar refractivity (Wildman–Crippen MR) is 448 cm³/mol. The summed E-state index contributed by atoms with van der Waals surface area (Å²) in [6.45, 7) is -0.526. The van der Waals surface area contributed by atoms with E-state index in [9.17, 15) is 11.0 Å². The van der Waals surface area contributed by atoms with E-state index in [1.165, 1.54) is 66.8 Å². The second kappa shape index (κ2) is 21.8. The zero-order valence-corrected chi connectivity index (χ0v) is 58.4. The third-order valence-corrected chi connectivity index (χ3v) is 24.7. The number of hydrogen-bond acceptors (Lipinski definition) is 3. The molecule has 0 radical (unpaired) electrons. The van der Waals surface area contributed by atoms with Crippen molar-refractivity contribution >= 4 is 83.9 Å². The zero-order valence-electron chi connectivity index (χ0n) is 66.4. The normalized spacial score (nSPS) is 15.1. The Labute approximate surface area is 641 Å². The lowest BCUT2D eigenvalue weighted by Crippen LogP contribution is -2.59. The monoisotopic (exact) mass is 1390 g/mol. The first kappa shape index (κ1) is 52.0. The van der Waals surface area contributed by atoms with Crippen LogP contribution in [0.25, 0.3) is 138 Å². The van der Waals surface area contributed by atoms with Gasteiger partial charge in [-0.15, -0.1) is 0 Å². The molecule has 2 aliphatic heterocycles. The van der Waals surface area contributed by atoms with Gasteiger partial charge in [0.1, 0.15) is 22.7 Å². The second-order valence-electron chi connectivity index (χ2n) is 29.7. The minimum atomic E-state index is -0.713. The third-order valence-electron chi connectivity index (χ3n) is 24.7. The van der Waals surface area contributed by atoms with Crippen molar-refractivity contribution in [2.45, 2.75) is 10.8 Å². The summed E-state index contributed by atoms with van der Waals surface area (Å²) in [6, 6.07) is 113. The smallest absolute Gasteiger partial charge is 0.256 e. The molecule has 19 aromatic rings. The number of anilines is 3. The van der Waals surface area contributed by atoms with E-state index in [1.54, 1.807) is 4.57 Å². The van der Waals surface area contributed by atoms with Gasteiger partial charge in [0.05, 0.1) is 38.5 Å². The van der Waals surface area contributed by atoms with Crippen LogP contribution in [0.3, 0.4) is 0 Å². The van der Waals surface area contributed by atoms with Gasteiger partial charge in [0.25, 0.3) is 6.71 Å². The Morgan fingerprint density at radius 3 is 1.32 bits per heavy atom. The summed E-state index contributed by atoms with van der Waals surface area (Å²) in [5.74, 6) is 1.33. The van der Waals surface area contributed by atoms with E-state index in [4.69, 9.17) is 9.15 Å². The number of para-hydroxylation sites is 4. The Hall–Kier alpha value is -14.0. The van der Waals surface area contributed by atoms with Crippen molar-refractivity contribution in [1.82, 2.24) is 4.57 Å². The molecule has 25 rings (SSSR count). The molecule has 502 valence electrons. The lowest BCUT2D eigenvalue weighted by molar-refractivity contribution is 0.488. The fourth-order valence-electron chi connectivity index (χ4n) is 20.5. The minimum absolute atomic E-state index is 0.00732. The predicted octanol–water partition coefficient (Wildman–Crippen LogP) is 24.4. The molecule has 4 heterocycles. The van der Waals surface area contributed by atoms with Gasteiger partial charge in [-0.3, -0.25) is 0 Å². The summed E-state index contributed by atoms with van der Waals surface area (Å²) in [7, 11) is 0. The first-order chi connectivity index (χ1) is 57.4. The van der Waals surface area contributed by atoms with Gasteiger partial charge < -0.3 is 18.6 Å². The Morgan fingerprint density at radius 1 is 0.284 bits per heavy atom. The molecule has 4 aliphatic carbocycles. The van der Waals surface area contributed by atoms with Crippen LogP contribution in [0.15, 0.2) is 374 Å². The van der Waals surface area contributed by atoms with Crippen molar-refractivity contribution in [3.8, 4) is 106 Å². The zero-order chi connectivity index (χ0) is 77.9. The van der Waals surface area contributed by atoms with Crippen molar-refractivity contribution in [2.24, 2.45) is 0 Å². The molecule has 17 aromatic carbocycles. The summed E-state index contributed by atoms with van der Waals surface area (Å²) in [5, 5.41) is 1.93. The van der Waals surface area contributed by atoms with Crippen LogP contribution >= 0.6 is 0 Å². The number of nitrogens with zero attached hydrogens (tertiary/aromatic N) is 2. The molecular formula is C104H61BN2O2. The van der Waals surface area contributed by atoms with E-state index in [0.717, 1.165) is 116 Å². The van der Waals surface area contributed by atoms with E-state index in [-0.39, 0.29) is 33.9 Å². The topological polar surface area (TPSA) is 30.5 Å². The van der Waals surface area contributed by atoms with Crippen molar-refractivity contribution in [1.29, 1.82) is 0 Å². The van der Waals surface area contributed by atoms with Crippen LogP contribution in [0.5, 0.6) is 11.5 Å². The highest BCUT2D eigenvalue weighted by Crippen LogP contribution is 2.66. The molecule has 0 unspecified atom stereocenters. The van der Waals surface area contributed by atoms with Crippen LogP contribution in [0.1, 0.15) is 55.5 Å². The Morgan fingerprint density at radius 2 is 0.752 bits per heavy atom. The number of furan rings is 1. The summed E-state index contributed by atoms with van der Waals surface area (Å²) in [6.07, 6.45) is 0. The highest BCUT2D eigenvalue weighted by molar-refractivity contribution is 6.99. The largest absolute Gasteiger partial charge is 0.458 e. The van der Waals surface area contributed by atoms with Crippen LogP contribution in [-0.2, 0) is 10.8 Å². The van der Waals surface area contributed by atoms with E-state index in [1.807, 2.05) is 30.3 Å². The Bertz CT molecular complexity index is 7360. The molecule has 0 bridgehead atoms. The van der Waals surface area contributed by atoms with Gasteiger partial charge in [-0.25, -0.2) is 0 Å². The van der Waals surface area contributed by atoms with Crippen LogP contribution in [0, 0.1) is 0 Å². The van der Waals surface area contributed by atoms with Crippen molar-refractivity contribution < 1.29 is 20.1 Å². The van der Waals surface area contributed by atoms with Gasteiger partial charge in [-0.2, -0.15) is 0 Å². The SMILES string of the molecule is [2H]c1c([2H])c([2H])c2c(c1[2H])c1c([2H])c([2H])c([2H])c([2H])c1n2-c1ccc2c(c1)N(c1c(-c3ccc4c(c3)C3(c5ccccc5-c5ccccc53)c3ccccc3-4)cccc1-c1ccc3c(c1)C1(c4ccccc4-c4ccccc41)c1ccccc1-3)c1cc(-c3ccc4oc5ccccc5c4c3)cc3c1B2c1cc(-c2ccccc2)ccc1O3. The van der Waals surface area contributed by atoms with Gasteiger partial charge in [0.2, 0.25) is 0 Å². The first-order valence-electron chi connectivity index (χ1n) is 41.3. The van der Waals surface area contributed by atoms with Gasteiger partial charge in [-0.05, 0) is 212 Å². The molecule has 0 N–H and O–H groups in total. The van der Waals surface area contributed by atoms with E-state index >= 15 is 0 Å². The average Bonchev–Trinajstić information content (AvgIpc) is 1.57. The number of fused-ring (bicyclic) bond motifs is 30.